The predicted molar refractivity (Wildman–Crippen MR) is 102 cm³/mol. The number of anilines is 3. The van der Waals surface area contributed by atoms with E-state index in [4.69, 9.17) is 5.73 Å². The van der Waals surface area contributed by atoms with Gasteiger partial charge < -0.3 is 21.3 Å². The zero-order valence-corrected chi connectivity index (χ0v) is 15.8. The van der Waals surface area contributed by atoms with Crippen molar-refractivity contribution in [2.75, 3.05) is 23.7 Å². The van der Waals surface area contributed by atoms with Gasteiger partial charge >= 0.3 is 6.18 Å². The summed E-state index contributed by atoms with van der Waals surface area (Å²) in [5.41, 5.74) is 7.41. The van der Waals surface area contributed by atoms with E-state index in [9.17, 15) is 18.0 Å². The lowest BCUT2D eigenvalue weighted by Gasteiger charge is -2.21. The Kier molecular flexibility index (Phi) is 4.81. The molecule has 4 N–H and O–H groups in total. The molecule has 0 saturated carbocycles. The average Bonchev–Trinajstić information content (AvgIpc) is 3.24. The van der Waals surface area contributed by atoms with E-state index in [-0.39, 0.29) is 36.3 Å². The Hall–Kier alpha value is -2.88. The average molecular weight is 406 g/mol. The SMILES string of the molecule is CCNc1nc(Nc2ccc3c(c2)[C@H]2CC[C@@H]3N2C(=O)CN)ncc1C(F)(F)F. The van der Waals surface area contributed by atoms with Crippen LogP contribution < -0.4 is 16.4 Å². The van der Waals surface area contributed by atoms with E-state index < -0.39 is 11.7 Å². The van der Waals surface area contributed by atoms with Crippen LogP contribution in [-0.4, -0.2) is 33.9 Å². The number of nitrogens with two attached hydrogens (primary N) is 1. The number of rotatable bonds is 5. The number of alkyl halides is 3. The molecule has 7 nitrogen and oxygen atoms in total. The maximum absolute atomic E-state index is 13.1. The van der Waals surface area contributed by atoms with Gasteiger partial charge in [0.15, 0.2) is 0 Å². The topological polar surface area (TPSA) is 96.2 Å². The Morgan fingerprint density at radius 2 is 2.00 bits per heavy atom. The molecule has 154 valence electrons. The predicted octanol–water partition coefficient (Wildman–Crippen LogP) is 3.35. The molecule has 0 unspecified atom stereocenters. The van der Waals surface area contributed by atoms with Gasteiger partial charge in [0.1, 0.15) is 11.4 Å². The summed E-state index contributed by atoms with van der Waals surface area (Å²) in [6.07, 6.45) is -2.00. The van der Waals surface area contributed by atoms with Gasteiger partial charge in [0.25, 0.3) is 0 Å². The highest BCUT2D eigenvalue weighted by Gasteiger charge is 2.45. The van der Waals surface area contributed by atoms with Crippen molar-refractivity contribution in [3.05, 3.63) is 41.1 Å². The molecule has 1 aromatic heterocycles. The van der Waals surface area contributed by atoms with Crippen molar-refractivity contribution < 1.29 is 18.0 Å². The maximum atomic E-state index is 13.1. The first kappa shape index (κ1) is 19.4. The third-order valence-corrected chi connectivity index (χ3v) is 5.35. The van der Waals surface area contributed by atoms with Crippen LogP contribution in [0.15, 0.2) is 24.4 Å². The fourth-order valence-corrected chi connectivity index (χ4v) is 4.20. The summed E-state index contributed by atoms with van der Waals surface area (Å²) in [5, 5.41) is 5.60. The summed E-state index contributed by atoms with van der Waals surface area (Å²) in [6, 6.07) is 5.69. The fourth-order valence-electron chi connectivity index (χ4n) is 4.20. The highest BCUT2D eigenvalue weighted by atomic mass is 19.4. The largest absolute Gasteiger partial charge is 0.421 e. The number of carbonyl (C=O) groups excluding carboxylic acids is 1. The monoisotopic (exact) mass is 406 g/mol. The molecule has 0 aliphatic carbocycles. The van der Waals surface area contributed by atoms with Crippen molar-refractivity contribution >= 4 is 23.4 Å². The molecule has 2 bridgehead atoms. The first-order valence-corrected chi connectivity index (χ1v) is 9.43. The van der Waals surface area contributed by atoms with Crippen LogP contribution in [-0.2, 0) is 11.0 Å². The standard InChI is InChI=1S/C19H21F3N6O/c1-2-24-17-13(19(20,21)22)9-25-18(27-17)26-10-3-4-11-12(7-10)15-6-5-14(11)28(15)16(29)8-23/h3-4,7,9,14-15H,2,5-6,8,23H2,1H3,(H2,24,25,26,27)/t14-,15+/m0/s1. The number of amides is 1. The Morgan fingerprint density at radius 1 is 1.28 bits per heavy atom. The van der Waals surface area contributed by atoms with Gasteiger partial charge in [-0.1, -0.05) is 6.07 Å². The molecule has 10 heteroatoms. The maximum Gasteiger partial charge on any atom is 0.421 e. The Morgan fingerprint density at radius 3 is 2.66 bits per heavy atom. The first-order valence-electron chi connectivity index (χ1n) is 9.43. The van der Waals surface area contributed by atoms with E-state index in [1.54, 1.807) is 6.92 Å². The molecule has 1 amide bonds. The van der Waals surface area contributed by atoms with Crippen LogP contribution in [0, 0.1) is 0 Å². The van der Waals surface area contributed by atoms with Gasteiger partial charge in [-0.05, 0) is 43.0 Å². The number of nitrogens with one attached hydrogen (secondary N) is 2. The quantitative estimate of drug-likeness (QED) is 0.705. The third kappa shape index (κ3) is 3.37. The van der Waals surface area contributed by atoms with E-state index >= 15 is 0 Å². The van der Waals surface area contributed by atoms with Gasteiger partial charge in [0.2, 0.25) is 11.9 Å². The van der Waals surface area contributed by atoms with Crippen molar-refractivity contribution in [2.24, 2.45) is 5.73 Å². The van der Waals surface area contributed by atoms with E-state index in [2.05, 4.69) is 20.6 Å². The van der Waals surface area contributed by atoms with Gasteiger partial charge in [-0.25, -0.2) is 4.98 Å². The molecule has 4 rings (SSSR count). The zero-order valence-electron chi connectivity index (χ0n) is 15.8. The van der Waals surface area contributed by atoms with Crippen molar-refractivity contribution in [3.63, 3.8) is 0 Å². The minimum absolute atomic E-state index is 0.0151. The van der Waals surface area contributed by atoms with Gasteiger partial charge in [0.05, 0.1) is 18.6 Å². The van der Waals surface area contributed by atoms with Crippen LogP contribution in [0.25, 0.3) is 0 Å². The number of aromatic nitrogens is 2. The van der Waals surface area contributed by atoms with Crippen LogP contribution in [0.5, 0.6) is 0 Å². The van der Waals surface area contributed by atoms with Crippen LogP contribution in [0.3, 0.4) is 0 Å². The summed E-state index contributed by atoms with van der Waals surface area (Å²) in [5.74, 6) is -0.283. The molecule has 2 atom stereocenters. The Labute approximate surface area is 165 Å². The number of fused-ring (bicyclic) bond motifs is 5. The number of hydrogen-bond acceptors (Lipinski definition) is 6. The smallest absolute Gasteiger partial charge is 0.370 e. The molecule has 1 saturated heterocycles. The number of halogens is 3. The van der Waals surface area contributed by atoms with Crippen molar-refractivity contribution in [2.45, 2.75) is 38.0 Å². The highest BCUT2D eigenvalue weighted by molar-refractivity contribution is 5.81. The van der Waals surface area contributed by atoms with Crippen LogP contribution in [0.2, 0.25) is 0 Å². The molecule has 2 aliphatic heterocycles. The number of benzene rings is 1. The Balaban J connectivity index is 1.61. The molecule has 3 heterocycles. The van der Waals surface area contributed by atoms with E-state index in [1.807, 2.05) is 23.1 Å². The lowest BCUT2D eigenvalue weighted by Crippen LogP contribution is -2.33. The van der Waals surface area contributed by atoms with Gasteiger partial charge in [-0.2, -0.15) is 18.2 Å². The lowest BCUT2D eigenvalue weighted by atomic mass is 9.91. The van der Waals surface area contributed by atoms with E-state index in [0.717, 1.165) is 30.2 Å². The summed E-state index contributed by atoms with van der Waals surface area (Å²) >= 11 is 0. The normalized spacial score (nSPS) is 20.0. The summed E-state index contributed by atoms with van der Waals surface area (Å²) in [6.45, 7) is 1.96. The Bertz CT molecular complexity index is 948. The highest BCUT2D eigenvalue weighted by Crippen LogP contribution is 2.53. The van der Waals surface area contributed by atoms with Crippen LogP contribution >= 0.6 is 0 Å². The first-order chi connectivity index (χ1) is 13.8. The van der Waals surface area contributed by atoms with Crippen molar-refractivity contribution in [1.29, 1.82) is 0 Å². The minimum Gasteiger partial charge on any atom is -0.370 e. The number of carbonyl (C=O) groups is 1. The molecular formula is C19H21F3N6O. The molecule has 29 heavy (non-hydrogen) atoms. The lowest BCUT2D eigenvalue weighted by molar-refractivity contribution is -0.137. The van der Waals surface area contributed by atoms with E-state index in [0.29, 0.717) is 12.2 Å². The molecule has 1 aromatic carbocycles. The van der Waals surface area contributed by atoms with Crippen LogP contribution in [0.1, 0.15) is 48.5 Å². The summed E-state index contributed by atoms with van der Waals surface area (Å²) in [7, 11) is 0. The number of nitrogens with zero attached hydrogens (tertiary/aromatic N) is 3. The summed E-state index contributed by atoms with van der Waals surface area (Å²) in [4.78, 5) is 21.8. The van der Waals surface area contributed by atoms with E-state index in [1.165, 1.54) is 0 Å². The van der Waals surface area contributed by atoms with Gasteiger partial charge in [-0.3, -0.25) is 4.79 Å². The molecule has 0 spiro atoms. The fraction of sp³-hybridized carbons (Fsp3) is 0.421. The second-order valence-corrected chi connectivity index (χ2v) is 7.07. The second kappa shape index (κ2) is 7.18. The van der Waals surface area contributed by atoms with Crippen LogP contribution in [0.4, 0.5) is 30.6 Å². The molecule has 1 fully saturated rings. The zero-order chi connectivity index (χ0) is 20.8. The summed E-state index contributed by atoms with van der Waals surface area (Å²) < 4.78 is 39.3. The second-order valence-electron chi connectivity index (χ2n) is 7.07. The van der Waals surface area contributed by atoms with Gasteiger partial charge in [-0.15, -0.1) is 0 Å². The van der Waals surface area contributed by atoms with Crippen molar-refractivity contribution in [1.82, 2.24) is 14.9 Å². The van der Waals surface area contributed by atoms with Crippen molar-refractivity contribution in [3.8, 4) is 0 Å². The molecule has 2 aromatic rings. The molecule has 2 aliphatic rings. The van der Waals surface area contributed by atoms with Gasteiger partial charge in [0, 0.05) is 18.4 Å². The third-order valence-electron chi connectivity index (χ3n) is 5.35. The molecule has 0 radical (unpaired) electrons. The minimum atomic E-state index is -4.54. The number of hydrogen-bond donors (Lipinski definition) is 3. The molecular weight excluding hydrogens is 385 g/mol.